The zero-order valence-corrected chi connectivity index (χ0v) is 12.7. The molecule has 0 aromatic rings. The SMILES string of the molecule is CCC1SC(=S)N(CCCC(=O)NC(C)C)C1=O. The highest BCUT2D eigenvalue weighted by Crippen LogP contribution is 2.29. The zero-order chi connectivity index (χ0) is 13.7. The van der Waals surface area contributed by atoms with Gasteiger partial charge in [0, 0.05) is 19.0 Å². The van der Waals surface area contributed by atoms with Gasteiger partial charge in [-0.25, -0.2) is 0 Å². The average Bonchev–Trinajstić information content (AvgIpc) is 2.55. The molecule has 1 aliphatic rings. The second-order valence-electron chi connectivity index (χ2n) is 4.60. The van der Waals surface area contributed by atoms with Crippen LogP contribution in [0.3, 0.4) is 0 Å². The van der Waals surface area contributed by atoms with Gasteiger partial charge in [0.2, 0.25) is 11.8 Å². The predicted molar refractivity (Wildman–Crippen MR) is 78.5 cm³/mol. The minimum Gasteiger partial charge on any atom is -0.354 e. The second-order valence-corrected chi connectivity index (χ2v) is 6.43. The quantitative estimate of drug-likeness (QED) is 0.759. The summed E-state index contributed by atoms with van der Waals surface area (Å²) in [4.78, 5) is 25.0. The molecule has 4 nitrogen and oxygen atoms in total. The highest BCUT2D eigenvalue weighted by molar-refractivity contribution is 8.24. The van der Waals surface area contributed by atoms with Crippen LogP contribution >= 0.6 is 24.0 Å². The molecule has 1 unspecified atom stereocenters. The fourth-order valence-corrected chi connectivity index (χ4v) is 3.23. The van der Waals surface area contributed by atoms with Crippen molar-refractivity contribution in [2.45, 2.75) is 51.3 Å². The van der Waals surface area contributed by atoms with E-state index in [0.717, 1.165) is 6.42 Å². The second kappa shape index (κ2) is 7.09. The van der Waals surface area contributed by atoms with E-state index in [9.17, 15) is 9.59 Å². The molecule has 2 amide bonds. The molecule has 6 heteroatoms. The maximum Gasteiger partial charge on any atom is 0.241 e. The molecule has 0 radical (unpaired) electrons. The third-order valence-electron chi connectivity index (χ3n) is 2.61. The number of thioether (sulfide) groups is 1. The Morgan fingerprint density at radius 1 is 1.56 bits per heavy atom. The van der Waals surface area contributed by atoms with Crippen molar-refractivity contribution in [3.63, 3.8) is 0 Å². The minimum absolute atomic E-state index is 0.0259. The third kappa shape index (κ3) is 4.24. The van der Waals surface area contributed by atoms with Gasteiger partial charge in [0.1, 0.15) is 4.32 Å². The molecular weight excluding hydrogens is 268 g/mol. The van der Waals surface area contributed by atoms with Crippen molar-refractivity contribution in [3.05, 3.63) is 0 Å². The summed E-state index contributed by atoms with van der Waals surface area (Å²) in [5.74, 6) is 0.124. The molecule has 1 aliphatic heterocycles. The first-order valence-corrected chi connectivity index (χ1v) is 7.55. The Hall–Kier alpha value is -0.620. The Kier molecular flexibility index (Phi) is 6.08. The van der Waals surface area contributed by atoms with Gasteiger partial charge in [-0.2, -0.15) is 0 Å². The van der Waals surface area contributed by atoms with Crippen molar-refractivity contribution in [2.24, 2.45) is 0 Å². The highest BCUT2D eigenvalue weighted by Gasteiger charge is 2.34. The molecule has 1 rings (SSSR count). The van der Waals surface area contributed by atoms with Gasteiger partial charge in [-0.05, 0) is 26.7 Å². The highest BCUT2D eigenvalue weighted by atomic mass is 32.2. The summed E-state index contributed by atoms with van der Waals surface area (Å²) in [6.45, 7) is 6.39. The largest absolute Gasteiger partial charge is 0.354 e. The Labute approximate surface area is 118 Å². The minimum atomic E-state index is -0.0259. The van der Waals surface area contributed by atoms with Crippen LogP contribution in [0.5, 0.6) is 0 Å². The van der Waals surface area contributed by atoms with Gasteiger partial charge in [0.05, 0.1) is 5.25 Å². The van der Waals surface area contributed by atoms with Gasteiger partial charge in [0.15, 0.2) is 0 Å². The number of carbonyl (C=O) groups excluding carboxylic acids is 2. The first-order valence-electron chi connectivity index (χ1n) is 6.27. The lowest BCUT2D eigenvalue weighted by Gasteiger charge is -2.15. The van der Waals surface area contributed by atoms with Crippen molar-refractivity contribution in [1.29, 1.82) is 0 Å². The number of thiocarbonyl (C=S) groups is 1. The van der Waals surface area contributed by atoms with Crippen molar-refractivity contribution in [2.75, 3.05) is 6.54 Å². The van der Waals surface area contributed by atoms with Crippen LogP contribution in [0.25, 0.3) is 0 Å². The Morgan fingerprint density at radius 3 is 2.72 bits per heavy atom. The van der Waals surface area contributed by atoms with Crippen molar-refractivity contribution in [3.8, 4) is 0 Å². The maximum absolute atomic E-state index is 11.9. The standard InChI is InChI=1S/C12H20N2O2S2/c1-4-9-11(16)14(12(17)18-9)7-5-6-10(15)13-8(2)3/h8-9H,4-7H2,1-3H3,(H,13,15). The monoisotopic (exact) mass is 288 g/mol. The fraction of sp³-hybridized carbons (Fsp3) is 0.750. The van der Waals surface area contributed by atoms with Gasteiger partial charge < -0.3 is 5.32 Å². The summed E-state index contributed by atoms with van der Waals surface area (Å²) in [5.41, 5.74) is 0. The topological polar surface area (TPSA) is 49.4 Å². The van der Waals surface area contributed by atoms with Crippen LogP contribution < -0.4 is 5.32 Å². The summed E-state index contributed by atoms with van der Waals surface area (Å²) in [7, 11) is 0. The number of hydrogen-bond acceptors (Lipinski definition) is 4. The number of amides is 2. The molecule has 1 fully saturated rings. The molecule has 18 heavy (non-hydrogen) atoms. The molecule has 0 aromatic carbocycles. The lowest BCUT2D eigenvalue weighted by atomic mass is 10.2. The first kappa shape index (κ1) is 15.4. The summed E-state index contributed by atoms with van der Waals surface area (Å²) >= 11 is 6.64. The molecule has 1 atom stereocenters. The lowest BCUT2D eigenvalue weighted by Crippen LogP contribution is -2.34. The van der Waals surface area contributed by atoms with Crippen LogP contribution in [0, 0.1) is 0 Å². The molecule has 1 saturated heterocycles. The number of rotatable bonds is 6. The van der Waals surface area contributed by atoms with Crippen LogP contribution in [-0.4, -0.2) is 38.9 Å². The summed E-state index contributed by atoms with van der Waals surface area (Å²) in [6, 6.07) is 0.159. The Morgan fingerprint density at radius 2 is 2.22 bits per heavy atom. The third-order valence-corrected chi connectivity index (χ3v) is 4.36. The van der Waals surface area contributed by atoms with E-state index in [1.165, 1.54) is 11.8 Å². The Bertz CT molecular complexity index is 345. The zero-order valence-electron chi connectivity index (χ0n) is 11.1. The summed E-state index contributed by atoms with van der Waals surface area (Å²) in [5, 5.41) is 2.80. The molecule has 0 bridgehead atoms. The molecule has 0 saturated carbocycles. The molecular formula is C12H20N2O2S2. The van der Waals surface area contributed by atoms with E-state index in [1.54, 1.807) is 4.90 Å². The molecule has 0 aromatic heterocycles. The van der Waals surface area contributed by atoms with Crippen LogP contribution in [0.1, 0.15) is 40.0 Å². The van der Waals surface area contributed by atoms with E-state index in [0.29, 0.717) is 23.7 Å². The van der Waals surface area contributed by atoms with Gasteiger partial charge in [-0.3, -0.25) is 14.5 Å². The smallest absolute Gasteiger partial charge is 0.241 e. The van der Waals surface area contributed by atoms with E-state index < -0.39 is 0 Å². The molecule has 0 spiro atoms. The Balaban J connectivity index is 2.33. The van der Waals surface area contributed by atoms with Gasteiger partial charge >= 0.3 is 0 Å². The predicted octanol–water partition coefficient (Wildman–Crippen LogP) is 1.93. The average molecular weight is 288 g/mol. The van der Waals surface area contributed by atoms with Crippen molar-refractivity contribution >= 4 is 40.1 Å². The van der Waals surface area contributed by atoms with Gasteiger partial charge in [0.25, 0.3) is 0 Å². The van der Waals surface area contributed by atoms with E-state index >= 15 is 0 Å². The number of nitrogens with zero attached hydrogens (tertiary/aromatic N) is 1. The first-order chi connectivity index (χ1) is 8.45. The van der Waals surface area contributed by atoms with Crippen molar-refractivity contribution < 1.29 is 9.59 Å². The van der Waals surface area contributed by atoms with Crippen LogP contribution in [-0.2, 0) is 9.59 Å². The van der Waals surface area contributed by atoms with Gasteiger partial charge in [-0.15, -0.1) is 0 Å². The fourth-order valence-electron chi connectivity index (χ4n) is 1.75. The number of hydrogen-bond donors (Lipinski definition) is 1. The van der Waals surface area contributed by atoms with Gasteiger partial charge in [-0.1, -0.05) is 30.9 Å². The van der Waals surface area contributed by atoms with Crippen molar-refractivity contribution in [1.82, 2.24) is 10.2 Å². The molecule has 0 aliphatic carbocycles. The number of carbonyl (C=O) groups is 2. The van der Waals surface area contributed by atoms with Crippen LogP contribution in [0.2, 0.25) is 0 Å². The summed E-state index contributed by atoms with van der Waals surface area (Å²) < 4.78 is 0.649. The molecule has 1 heterocycles. The van der Waals surface area contributed by atoms with E-state index in [4.69, 9.17) is 12.2 Å². The molecule has 1 N–H and O–H groups in total. The van der Waals surface area contributed by atoms with Crippen LogP contribution in [0.4, 0.5) is 0 Å². The summed E-state index contributed by atoms with van der Waals surface area (Å²) in [6.07, 6.45) is 1.89. The molecule has 102 valence electrons. The normalized spacial score (nSPS) is 19.8. The van der Waals surface area contributed by atoms with E-state index in [1.807, 2.05) is 20.8 Å². The lowest BCUT2D eigenvalue weighted by molar-refractivity contribution is -0.127. The maximum atomic E-state index is 11.9. The van der Waals surface area contributed by atoms with Crippen LogP contribution in [0.15, 0.2) is 0 Å². The number of nitrogens with one attached hydrogen (secondary N) is 1. The van der Waals surface area contributed by atoms with E-state index in [2.05, 4.69) is 5.32 Å². The van der Waals surface area contributed by atoms with E-state index in [-0.39, 0.29) is 23.1 Å².